The molecule has 8 bridgehead atoms. The van der Waals surface area contributed by atoms with E-state index in [2.05, 4.69) is 215 Å². The van der Waals surface area contributed by atoms with Gasteiger partial charge in [0, 0.05) is 72.0 Å². The average molecular weight is 833 g/mol. The Hall–Kier alpha value is -5.88. The molecular formula is C60H56N4. The summed E-state index contributed by atoms with van der Waals surface area (Å²) in [6.07, 6.45) is 14.7. The van der Waals surface area contributed by atoms with Crippen LogP contribution in [-0.4, -0.2) is 48.3 Å². The zero-order valence-corrected chi connectivity index (χ0v) is 36.2. The molecule has 3 fully saturated rings. The Balaban J connectivity index is 0.949. The second-order valence-corrected chi connectivity index (χ2v) is 19.6. The molecule has 5 aliphatic rings. The van der Waals surface area contributed by atoms with Gasteiger partial charge in [-0.1, -0.05) is 194 Å². The fraction of sp³-hybridized carbons (Fsp3) is 0.267. The van der Waals surface area contributed by atoms with E-state index in [9.17, 15) is 0 Å². The standard InChI is InChI=1S/C60H56N4/c1-5-13-41-33-45(21-17-37(41)9-1)57-49-25-27-51(61-49)58(46-22-18-38-10-2-6-14-42(38)34-46)53-29-31-55(63-53)60(48-24-20-40-12-4-8-16-44(40)36-48)56-32-30-54(64-56)59(52-28-26-50(57)62-52)47-23-19-39-11-3-7-15-43(39)35-47/h1-25,27,30,32-36,49-64H,26,28-29,31H2. The van der Waals surface area contributed by atoms with Gasteiger partial charge in [-0.15, -0.1) is 0 Å². The second kappa shape index (κ2) is 16.0. The van der Waals surface area contributed by atoms with Gasteiger partial charge in [-0.25, -0.2) is 0 Å². The van der Waals surface area contributed by atoms with Crippen molar-refractivity contribution in [1.82, 2.24) is 21.3 Å². The van der Waals surface area contributed by atoms with Crippen LogP contribution in [0.3, 0.4) is 0 Å². The topological polar surface area (TPSA) is 48.1 Å². The van der Waals surface area contributed by atoms with Gasteiger partial charge in [-0.3, -0.25) is 0 Å². The van der Waals surface area contributed by atoms with Crippen molar-refractivity contribution >= 4 is 43.1 Å². The lowest BCUT2D eigenvalue weighted by Crippen LogP contribution is -2.52. The lowest BCUT2D eigenvalue weighted by molar-refractivity contribution is 0.317. The third-order valence-electron chi connectivity index (χ3n) is 16.2. The molecular weight excluding hydrogens is 777 g/mol. The van der Waals surface area contributed by atoms with Crippen molar-refractivity contribution in [1.29, 1.82) is 0 Å². The lowest BCUT2D eigenvalue weighted by atomic mass is 9.82. The van der Waals surface area contributed by atoms with E-state index in [4.69, 9.17) is 0 Å². The first-order chi connectivity index (χ1) is 31.7. The van der Waals surface area contributed by atoms with E-state index in [1.807, 2.05) is 0 Å². The molecule has 316 valence electrons. The van der Waals surface area contributed by atoms with Gasteiger partial charge >= 0.3 is 0 Å². The minimum absolute atomic E-state index is 0.189. The van der Waals surface area contributed by atoms with Crippen molar-refractivity contribution in [2.45, 2.75) is 97.7 Å². The Morgan fingerprint density at radius 2 is 0.484 bits per heavy atom. The summed E-state index contributed by atoms with van der Waals surface area (Å²) in [6, 6.07) is 66.5. The first kappa shape index (κ1) is 38.6. The van der Waals surface area contributed by atoms with E-state index in [0.717, 1.165) is 25.7 Å². The Morgan fingerprint density at radius 3 is 0.734 bits per heavy atom. The van der Waals surface area contributed by atoms with E-state index in [0.29, 0.717) is 24.2 Å². The van der Waals surface area contributed by atoms with Crippen LogP contribution in [0, 0.1) is 0 Å². The molecule has 4 heteroatoms. The normalized spacial score (nSPS) is 31.1. The van der Waals surface area contributed by atoms with Gasteiger partial charge in [-0.2, -0.15) is 0 Å². The van der Waals surface area contributed by atoms with E-state index >= 15 is 0 Å². The molecule has 0 spiro atoms. The molecule has 4 nitrogen and oxygen atoms in total. The fourth-order valence-corrected chi connectivity index (χ4v) is 13.2. The zero-order chi connectivity index (χ0) is 42.1. The van der Waals surface area contributed by atoms with Crippen LogP contribution in [-0.2, 0) is 0 Å². The highest BCUT2D eigenvalue weighted by Crippen LogP contribution is 2.45. The summed E-state index contributed by atoms with van der Waals surface area (Å²) >= 11 is 0. The fourth-order valence-electron chi connectivity index (χ4n) is 13.2. The van der Waals surface area contributed by atoms with Gasteiger partial charge in [0.05, 0.1) is 0 Å². The van der Waals surface area contributed by atoms with Crippen LogP contribution >= 0.6 is 0 Å². The number of benzene rings is 8. The van der Waals surface area contributed by atoms with Crippen LogP contribution in [0.4, 0.5) is 0 Å². The Kier molecular flexibility index (Phi) is 9.63. The summed E-state index contributed by atoms with van der Waals surface area (Å²) < 4.78 is 0. The number of hydrogen-bond donors (Lipinski definition) is 4. The van der Waals surface area contributed by atoms with Crippen LogP contribution in [0.1, 0.15) is 71.6 Å². The van der Waals surface area contributed by atoms with Crippen molar-refractivity contribution in [3.8, 4) is 0 Å². The molecule has 8 aromatic carbocycles. The minimum atomic E-state index is 0.189. The van der Waals surface area contributed by atoms with Crippen molar-refractivity contribution < 1.29 is 0 Å². The van der Waals surface area contributed by atoms with Gasteiger partial charge in [0.25, 0.3) is 0 Å². The Labute approximate surface area is 376 Å². The Bertz CT molecular complexity index is 2680. The number of fused-ring (bicyclic) bond motifs is 12. The molecule has 8 aromatic rings. The molecule has 0 saturated carbocycles. The zero-order valence-electron chi connectivity index (χ0n) is 36.2. The lowest BCUT2D eigenvalue weighted by Gasteiger charge is -2.38. The van der Waals surface area contributed by atoms with Crippen molar-refractivity contribution in [3.63, 3.8) is 0 Å². The highest BCUT2D eigenvalue weighted by molar-refractivity contribution is 5.85. The molecule has 12 atom stereocenters. The predicted octanol–water partition coefficient (Wildman–Crippen LogP) is 11.8. The van der Waals surface area contributed by atoms with Gasteiger partial charge < -0.3 is 21.3 Å². The average Bonchev–Trinajstić information content (AvgIpc) is 4.20. The highest BCUT2D eigenvalue weighted by atomic mass is 15.1. The molecule has 0 aromatic heterocycles. The predicted molar refractivity (Wildman–Crippen MR) is 266 cm³/mol. The first-order valence-electron chi connectivity index (χ1n) is 24.0. The van der Waals surface area contributed by atoms with Crippen molar-refractivity contribution in [2.24, 2.45) is 0 Å². The maximum Gasteiger partial charge on any atom is 0.0340 e. The van der Waals surface area contributed by atoms with Gasteiger partial charge in [0.2, 0.25) is 0 Å². The molecule has 3 saturated heterocycles. The van der Waals surface area contributed by atoms with Crippen LogP contribution in [0.25, 0.3) is 43.1 Å². The van der Waals surface area contributed by atoms with Crippen molar-refractivity contribution in [2.75, 3.05) is 0 Å². The maximum atomic E-state index is 4.43. The summed E-state index contributed by atoms with van der Waals surface area (Å²) in [5.41, 5.74) is 5.67. The summed E-state index contributed by atoms with van der Waals surface area (Å²) in [5.74, 6) is 1.05. The molecule has 0 radical (unpaired) electrons. The van der Waals surface area contributed by atoms with Crippen LogP contribution in [0.15, 0.2) is 194 Å². The third kappa shape index (κ3) is 6.82. The van der Waals surface area contributed by atoms with Crippen LogP contribution in [0.5, 0.6) is 0 Å². The van der Waals surface area contributed by atoms with Gasteiger partial charge in [0.1, 0.15) is 0 Å². The molecule has 0 amide bonds. The highest BCUT2D eigenvalue weighted by Gasteiger charge is 2.47. The summed E-state index contributed by atoms with van der Waals surface area (Å²) in [4.78, 5) is 0. The molecule has 0 aliphatic carbocycles. The smallest absolute Gasteiger partial charge is 0.0340 e. The van der Waals surface area contributed by atoms with Crippen molar-refractivity contribution in [3.05, 3.63) is 216 Å². The minimum Gasteiger partial charge on any atom is -0.310 e. The molecule has 4 N–H and O–H groups in total. The third-order valence-corrected chi connectivity index (χ3v) is 16.2. The Morgan fingerprint density at radius 1 is 0.250 bits per heavy atom. The van der Waals surface area contributed by atoms with E-state index in [1.165, 1.54) is 65.3 Å². The van der Waals surface area contributed by atoms with E-state index < -0.39 is 0 Å². The molecule has 64 heavy (non-hydrogen) atoms. The molecule has 5 heterocycles. The van der Waals surface area contributed by atoms with Gasteiger partial charge in [0.15, 0.2) is 0 Å². The van der Waals surface area contributed by atoms with E-state index in [1.54, 1.807) is 0 Å². The number of nitrogens with one attached hydrogen (secondary N) is 4. The molecule has 12 unspecified atom stereocenters. The number of hydrogen-bond acceptors (Lipinski definition) is 4. The quantitative estimate of drug-likeness (QED) is 0.133. The largest absolute Gasteiger partial charge is 0.310 e. The molecule has 13 rings (SSSR count). The van der Waals surface area contributed by atoms with Gasteiger partial charge in [-0.05, 0) is 91.0 Å². The summed E-state index contributed by atoms with van der Waals surface area (Å²) in [6.45, 7) is 0. The van der Waals surface area contributed by atoms with Crippen LogP contribution in [0.2, 0.25) is 0 Å². The number of rotatable bonds is 4. The SMILES string of the molecule is C1=CC2NC1C(c1ccc3ccccc3c1)C1CCC(N1)C(c1ccc3ccccc3c1)C1C=CC(N1)C(c1ccc3ccccc3c1)C1CCC(N1)C2c1ccc2ccccc2c1. The maximum absolute atomic E-state index is 4.43. The molecule has 5 aliphatic heterocycles. The monoisotopic (exact) mass is 832 g/mol. The van der Waals surface area contributed by atoms with Crippen LogP contribution < -0.4 is 21.3 Å². The first-order valence-corrected chi connectivity index (χ1v) is 24.0. The summed E-state index contributed by atoms with van der Waals surface area (Å²) in [7, 11) is 0. The summed E-state index contributed by atoms with van der Waals surface area (Å²) in [5, 5.41) is 28.1. The van der Waals surface area contributed by atoms with E-state index in [-0.39, 0.29) is 47.8 Å². The second-order valence-electron chi connectivity index (χ2n) is 19.6.